The van der Waals surface area contributed by atoms with Gasteiger partial charge in [0.1, 0.15) is 0 Å². The number of methoxy groups -OCH3 is 1. The van der Waals surface area contributed by atoms with Crippen LogP contribution in [0.1, 0.15) is 43.9 Å². The number of hydrogen-bond donors (Lipinski definition) is 1. The molecule has 1 atom stereocenters. The van der Waals surface area contributed by atoms with Gasteiger partial charge in [-0.1, -0.05) is 25.1 Å². The van der Waals surface area contributed by atoms with Gasteiger partial charge in [0.2, 0.25) is 0 Å². The van der Waals surface area contributed by atoms with Crippen molar-refractivity contribution in [2.24, 2.45) is 0 Å². The summed E-state index contributed by atoms with van der Waals surface area (Å²) < 4.78 is 4.92. The Bertz CT molecular complexity index is 643. The summed E-state index contributed by atoms with van der Waals surface area (Å²) >= 11 is 0. The molecule has 1 aliphatic rings. The molecule has 0 fully saturated rings. The van der Waals surface area contributed by atoms with Gasteiger partial charge in [0.25, 0.3) is 0 Å². The Kier molecular flexibility index (Phi) is 3.28. The topological polar surface area (TPSA) is 42.1 Å². The molecular formula is C17H21NO2. The second-order valence-electron chi connectivity index (χ2n) is 5.76. The Hall–Kier alpha value is -1.77. The van der Waals surface area contributed by atoms with Crippen LogP contribution in [0.4, 0.5) is 0 Å². The van der Waals surface area contributed by atoms with Crippen LogP contribution in [-0.4, -0.2) is 18.1 Å². The molecule has 0 spiro atoms. The number of rotatable bonds is 3. The third kappa shape index (κ3) is 1.92. The van der Waals surface area contributed by atoms with Gasteiger partial charge in [-0.15, -0.1) is 0 Å². The lowest BCUT2D eigenvalue weighted by Gasteiger charge is -2.35. The highest BCUT2D eigenvalue weighted by Gasteiger charge is 2.39. The minimum absolute atomic E-state index is 0.0836. The number of aryl methyl sites for hydroxylation is 1. The molecular weight excluding hydrogens is 250 g/mol. The minimum atomic E-state index is -0.113. The van der Waals surface area contributed by atoms with Crippen molar-refractivity contribution in [1.82, 2.24) is 4.98 Å². The first-order chi connectivity index (χ1) is 9.70. The first-order valence-corrected chi connectivity index (χ1v) is 7.37. The quantitative estimate of drug-likeness (QED) is 0.865. The lowest BCUT2D eigenvalue weighted by atomic mass is 9.69. The number of aromatic nitrogens is 1. The average molecular weight is 271 g/mol. The molecule has 106 valence electrons. The number of ether oxygens (including phenoxy) is 1. The lowest BCUT2D eigenvalue weighted by molar-refractivity contribution is -0.142. The molecule has 0 saturated carbocycles. The zero-order valence-corrected chi connectivity index (χ0v) is 12.2. The van der Waals surface area contributed by atoms with E-state index in [9.17, 15) is 4.79 Å². The maximum atomic E-state index is 11.8. The molecule has 0 saturated heterocycles. The van der Waals surface area contributed by atoms with Crippen LogP contribution in [0.25, 0.3) is 10.9 Å². The predicted octanol–water partition coefficient (Wildman–Crippen LogP) is 3.72. The monoisotopic (exact) mass is 271 g/mol. The summed E-state index contributed by atoms with van der Waals surface area (Å²) in [6.45, 7) is 2.17. The number of fused-ring (bicyclic) bond motifs is 3. The second kappa shape index (κ2) is 4.97. The minimum Gasteiger partial charge on any atom is -0.469 e. The smallest absolute Gasteiger partial charge is 0.306 e. The third-order valence-corrected chi connectivity index (χ3v) is 4.81. The predicted molar refractivity (Wildman–Crippen MR) is 79.8 cm³/mol. The molecule has 0 amide bonds. The molecule has 3 heteroatoms. The van der Waals surface area contributed by atoms with E-state index < -0.39 is 0 Å². The van der Waals surface area contributed by atoms with Crippen molar-refractivity contribution in [2.45, 2.75) is 44.4 Å². The highest BCUT2D eigenvalue weighted by molar-refractivity contribution is 5.86. The largest absolute Gasteiger partial charge is 0.469 e. The molecule has 1 aromatic carbocycles. The molecule has 0 radical (unpaired) electrons. The van der Waals surface area contributed by atoms with E-state index in [4.69, 9.17) is 4.74 Å². The van der Waals surface area contributed by atoms with Gasteiger partial charge in [0, 0.05) is 22.0 Å². The highest BCUT2D eigenvalue weighted by atomic mass is 16.5. The van der Waals surface area contributed by atoms with Crippen LogP contribution in [-0.2, 0) is 21.4 Å². The first-order valence-electron chi connectivity index (χ1n) is 7.37. The van der Waals surface area contributed by atoms with E-state index in [1.165, 1.54) is 29.3 Å². The molecule has 1 aromatic heterocycles. The SMILES string of the molecule is CCC1(CC(=O)OC)CCCc2c1[nH]c1ccccc21. The Balaban J connectivity index is 2.14. The van der Waals surface area contributed by atoms with Crippen molar-refractivity contribution >= 4 is 16.9 Å². The van der Waals surface area contributed by atoms with Gasteiger partial charge in [0.15, 0.2) is 0 Å². The Morgan fingerprint density at radius 3 is 2.95 bits per heavy atom. The van der Waals surface area contributed by atoms with Gasteiger partial charge in [-0.2, -0.15) is 0 Å². The van der Waals surface area contributed by atoms with Gasteiger partial charge in [-0.05, 0) is 37.3 Å². The fourth-order valence-corrected chi connectivity index (χ4v) is 3.64. The molecule has 2 aromatic rings. The second-order valence-corrected chi connectivity index (χ2v) is 5.76. The van der Waals surface area contributed by atoms with Crippen LogP contribution < -0.4 is 0 Å². The van der Waals surface area contributed by atoms with Gasteiger partial charge < -0.3 is 9.72 Å². The number of esters is 1. The summed E-state index contributed by atoms with van der Waals surface area (Å²) in [7, 11) is 1.47. The van der Waals surface area contributed by atoms with Crippen LogP contribution in [0.2, 0.25) is 0 Å². The van der Waals surface area contributed by atoms with Crippen molar-refractivity contribution < 1.29 is 9.53 Å². The van der Waals surface area contributed by atoms with E-state index >= 15 is 0 Å². The fraction of sp³-hybridized carbons (Fsp3) is 0.471. The third-order valence-electron chi connectivity index (χ3n) is 4.81. The molecule has 1 heterocycles. The molecule has 1 aliphatic carbocycles. The maximum absolute atomic E-state index is 11.8. The summed E-state index contributed by atoms with van der Waals surface area (Å²) in [6.07, 6.45) is 4.72. The number of H-pyrrole nitrogens is 1. The number of carbonyl (C=O) groups excluding carboxylic acids is 1. The number of benzene rings is 1. The van der Waals surface area contributed by atoms with E-state index in [0.29, 0.717) is 6.42 Å². The standard InChI is InChI=1S/C17H21NO2/c1-3-17(11-15(19)20-2)10-6-8-13-12-7-4-5-9-14(12)18-16(13)17/h4-5,7,9,18H,3,6,8,10-11H2,1-2H3. The van der Waals surface area contributed by atoms with Gasteiger partial charge >= 0.3 is 5.97 Å². The first kappa shape index (κ1) is 13.2. The number of nitrogens with one attached hydrogen (secondary N) is 1. The van der Waals surface area contributed by atoms with Gasteiger partial charge in [0.05, 0.1) is 13.5 Å². The Morgan fingerprint density at radius 2 is 2.20 bits per heavy atom. The van der Waals surface area contributed by atoms with Crippen LogP contribution in [0.5, 0.6) is 0 Å². The molecule has 20 heavy (non-hydrogen) atoms. The Morgan fingerprint density at radius 1 is 1.40 bits per heavy atom. The molecule has 0 aliphatic heterocycles. The lowest BCUT2D eigenvalue weighted by Crippen LogP contribution is -2.33. The van der Waals surface area contributed by atoms with E-state index in [-0.39, 0.29) is 11.4 Å². The van der Waals surface area contributed by atoms with E-state index in [1.54, 1.807) is 0 Å². The number of para-hydroxylation sites is 1. The number of carbonyl (C=O) groups is 1. The summed E-state index contributed by atoms with van der Waals surface area (Å²) in [5.41, 5.74) is 3.76. The maximum Gasteiger partial charge on any atom is 0.306 e. The number of aromatic amines is 1. The van der Waals surface area contributed by atoms with Crippen molar-refractivity contribution in [3.63, 3.8) is 0 Å². The van der Waals surface area contributed by atoms with Gasteiger partial charge in [-0.3, -0.25) is 4.79 Å². The molecule has 1 unspecified atom stereocenters. The zero-order valence-electron chi connectivity index (χ0n) is 12.2. The highest BCUT2D eigenvalue weighted by Crippen LogP contribution is 2.44. The van der Waals surface area contributed by atoms with E-state index in [0.717, 1.165) is 25.7 Å². The molecule has 0 bridgehead atoms. The normalized spacial score (nSPS) is 21.7. The van der Waals surface area contributed by atoms with Crippen molar-refractivity contribution in [3.8, 4) is 0 Å². The van der Waals surface area contributed by atoms with Crippen LogP contribution >= 0.6 is 0 Å². The van der Waals surface area contributed by atoms with E-state index in [2.05, 4.69) is 36.2 Å². The molecule has 3 nitrogen and oxygen atoms in total. The van der Waals surface area contributed by atoms with Crippen molar-refractivity contribution in [2.75, 3.05) is 7.11 Å². The Labute approximate surface area is 119 Å². The molecule has 3 rings (SSSR count). The van der Waals surface area contributed by atoms with Gasteiger partial charge in [-0.25, -0.2) is 0 Å². The summed E-state index contributed by atoms with van der Waals surface area (Å²) in [6, 6.07) is 8.43. The van der Waals surface area contributed by atoms with Crippen molar-refractivity contribution in [3.05, 3.63) is 35.5 Å². The number of hydrogen-bond acceptors (Lipinski definition) is 2. The summed E-state index contributed by atoms with van der Waals surface area (Å²) in [5.74, 6) is -0.113. The summed E-state index contributed by atoms with van der Waals surface area (Å²) in [4.78, 5) is 15.4. The van der Waals surface area contributed by atoms with Crippen LogP contribution in [0.15, 0.2) is 24.3 Å². The fourth-order valence-electron chi connectivity index (χ4n) is 3.64. The van der Waals surface area contributed by atoms with Crippen molar-refractivity contribution in [1.29, 1.82) is 0 Å². The summed E-state index contributed by atoms with van der Waals surface area (Å²) in [5, 5.41) is 1.31. The van der Waals surface area contributed by atoms with Crippen LogP contribution in [0.3, 0.4) is 0 Å². The van der Waals surface area contributed by atoms with E-state index in [1.807, 2.05) is 0 Å². The van der Waals surface area contributed by atoms with Crippen LogP contribution in [0, 0.1) is 0 Å². The zero-order chi connectivity index (χ0) is 14.2. The molecule has 1 N–H and O–H groups in total. The average Bonchev–Trinajstić information content (AvgIpc) is 2.87.